The summed E-state index contributed by atoms with van der Waals surface area (Å²) in [6, 6.07) is 9.16. The molecule has 0 spiro atoms. The van der Waals surface area contributed by atoms with Gasteiger partial charge in [-0.1, -0.05) is 18.2 Å². The zero-order valence-electron chi connectivity index (χ0n) is 9.64. The number of H-pyrrole nitrogens is 1. The smallest absolute Gasteiger partial charge is 0.305 e. The summed E-state index contributed by atoms with van der Waals surface area (Å²) in [4.78, 5) is 18.7. The van der Waals surface area contributed by atoms with E-state index in [1.165, 1.54) is 13.3 Å². The second kappa shape index (κ2) is 4.03. The first-order valence-electron chi connectivity index (χ1n) is 5.40. The summed E-state index contributed by atoms with van der Waals surface area (Å²) in [5.41, 5.74) is 0.363. The molecule has 3 aromatic rings. The largest absolute Gasteiger partial charge is 0.467 e. The Balaban J connectivity index is 2.21. The first-order chi connectivity index (χ1) is 8.78. The lowest BCUT2D eigenvalue weighted by molar-refractivity contribution is 0.308. The first kappa shape index (κ1) is 10.6. The van der Waals surface area contributed by atoms with Crippen LogP contribution in [-0.2, 0) is 0 Å². The maximum atomic E-state index is 11.9. The minimum absolute atomic E-state index is 0.166. The van der Waals surface area contributed by atoms with Crippen LogP contribution in [0.3, 0.4) is 0 Å². The molecule has 1 aromatic carbocycles. The number of hydrogen-bond acceptors (Lipinski definition) is 4. The normalized spacial score (nSPS) is 10.7. The SMILES string of the molecule is COc1cnc(-c2cc3ccccc3c(=O)[nH]2)o1. The molecule has 0 unspecified atom stereocenters. The van der Waals surface area contributed by atoms with Gasteiger partial charge in [0.15, 0.2) is 0 Å². The van der Waals surface area contributed by atoms with Crippen LogP contribution in [0, 0.1) is 0 Å². The van der Waals surface area contributed by atoms with E-state index in [4.69, 9.17) is 9.15 Å². The highest BCUT2D eigenvalue weighted by atomic mass is 16.6. The van der Waals surface area contributed by atoms with Crippen molar-refractivity contribution >= 4 is 10.8 Å². The van der Waals surface area contributed by atoms with E-state index in [0.717, 1.165) is 5.39 Å². The number of ether oxygens (including phenoxy) is 1. The van der Waals surface area contributed by atoms with E-state index >= 15 is 0 Å². The van der Waals surface area contributed by atoms with Crippen LogP contribution >= 0.6 is 0 Å². The van der Waals surface area contributed by atoms with Crippen LogP contribution < -0.4 is 10.3 Å². The van der Waals surface area contributed by atoms with Crippen LogP contribution in [0.2, 0.25) is 0 Å². The Bertz CT molecular complexity index is 758. The van der Waals surface area contributed by atoms with Gasteiger partial charge < -0.3 is 14.1 Å². The van der Waals surface area contributed by atoms with Gasteiger partial charge in [0.05, 0.1) is 7.11 Å². The molecule has 5 heteroatoms. The van der Waals surface area contributed by atoms with Gasteiger partial charge in [-0.15, -0.1) is 0 Å². The summed E-state index contributed by atoms with van der Waals surface area (Å²) in [5, 5.41) is 1.48. The highest BCUT2D eigenvalue weighted by molar-refractivity contribution is 5.84. The molecule has 90 valence electrons. The predicted molar refractivity (Wildman–Crippen MR) is 66.6 cm³/mol. The minimum Gasteiger partial charge on any atom is -0.467 e. The van der Waals surface area contributed by atoms with E-state index in [0.29, 0.717) is 22.9 Å². The zero-order chi connectivity index (χ0) is 12.5. The number of oxazole rings is 1. The molecule has 18 heavy (non-hydrogen) atoms. The molecular weight excluding hydrogens is 232 g/mol. The lowest BCUT2D eigenvalue weighted by Gasteiger charge is -1.99. The van der Waals surface area contributed by atoms with Gasteiger partial charge in [0.1, 0.15) is 11.9 Å². The number of aromatic amines is 1. The van der Waals surface area contributed by atoms with Crippen molar-refractivity contribution in [1.29, 1.82) is 0 Å². The molecule has 0 amide bonds. The number of nitrogens with zero attached hydrogens (tertiary/aromatic N) is 1. The van der Waals surface area contributed by atoms with E-state index in [9.17, 15) is 4.79 Å². The number of benzene rings is 1. The van der Waals surface area contributed by atoms with E-state index in [1.807, 2.05) is 24.3 Å². The maximum absolute atomic E-state index is 11.9. The topological polar surface area (TPSA) is 68.1 Å². The fourth-order valence-corrected chi connectivity index (χ4v) is 1.80. The molecule has 2 heterocycles. The monoisotopic (exact) mass is 242 g/mol. The Morgan fingerprint density at radius 2 is 2.17 bits per heavy atom. The number of nitrogens with one attached hydrogen (secondary N) is 1. The van der Waals surface area contributed by atoms with Crippen molar-refractivity contribution in [3.05, 3.63) is 46.9 Å². The molecule has 0 saturated heterocycles. The molecule has 0 aliphatic carbocycles. The van der Waals surface area contributed by atoms with Gasteiger partial charge >= 0.3 is 5.95 Å². The number of aromatic nitrogens is 2. The fraction of sp³-hybridized carbons (Fsp3) is 0.0769. The van der Waals surface area contributed by atoms with Gasteiger partial charge in [0, 0.05) is 5.39 Å². The molecule has 0 aliphatic heterocycles. The summed E-state index contributed by atoms with van der Waals surface area (Å²) in [6.45, 7) is 0. The van der Waals surface area contributed by atoms with E-state index in [-0.39, 0.29) is 5.56 Å². The molecule has 3 rings (SSSR count). The fourth-order valence-electron chi connectivity index (χ4n) is 1.80. The van der Waals surface area contributed by atoms with Gasteiger partial charge in [-0.2, -0.15) is 0 Å². The van der Waals surface area contributed by atoms with Crippen LogP contribution in [0.15, 0.2) is 45.7 Å². The highest BCUT2D eigenvalue weighted by Crippen LogP contribution is 2.22. The second-order valence-corrected chi connectivity index (χ2v) is 3.79. The second-order valence-electron chi connectivity index (χ2n) is 3.79. The molecule has 5 nitrogen and oxygen atoms in total. The van der Waals surface area contributed by atoms with Gasteiger partial charge in [0.2, 0.25) is 5.89 Å². The summed E-state index contributed by atoms with van der Waals surface area (Å²) in [7, 11) is 1.49. The first-order valence-corrected chi connectivity index (χ1v) is 5.40. The van der Waals surface area contributed by atoms with Gasteiger partial charge in [-0.25, -0.2) is 4.98 Å². The lowest BCUT2D eigenvalue weighted by atomic mass is 10.1. The number of fused-ring (bicyclic) bond motifs is 1. The molecular formula is C13H10N2O3. The third-order valence-corrected chi connectivity index (χ3v) is 2.67. The van der Waals surface area contributed by atoms with E-state index in [1.54, 1.807) is 6.07 Å². The highest BCUT2D eigenvalue weighted by Gasteiger charge is 2.09. The molecule has 0 fully saturated rings. The quantitative estimate of drug-likeness (QED) is 0.747. The Kier molecular flexibility index (Phi) is 2.37. The number of rotatable bonds is 2. The molecule has 0 aliphatic rings. The van der Waals surface area contributed by atoms with Gasteiger partial charge in [-0.3, -0.25) is 4.79 Å². The molecule has 0 radical (unpaired) electrons. The Hall–Kier alpha value is -2.56. The average molecular weight is 242 g/mol. The van der Waals surface area contributed by atoms with E-state index in [2.05, 4.69) is 9.97 Å². The molecule has 1 N–H and O–H groups in total. The molecule has 0 bridgehead atoms. The van der Waals surface area contributed by atoms with Crippen molar-refractivity contribution in [1.82, 2.24) is 9.97 Å². The maximum Gasteiger partial charge on any atom is 0.305 e. The van der Waals surface area contributed by atoms with Crippen molar-refractivity contribution in [2.75, 3.05) is 7.11 Å². The lowest BCUT2D eigenvalue weighted by Crippen LogP contribution is -2.06. The molecule has 2 aromatic heterocycles. The van der Waals surface area contributed by atoms with Crippen molar-refractivity contribution in [2.24, 2.45) is 0 Å². The number of methoxy groups -OCH3 is 1. The molecule has 0 atom stereocenters. The third-order valence-electron chi connectivity index (χ3n) is 2.67. The van der Waals surface area contributed by atoms with Crippen molar-refractivity contribution in [3.8, 4) is 17.5 Å². The number of hydrogen-bond donors (Lipinski definition) is 1. The molecule has 0 saturated carbocycles. The summed E-state index contributed by atoms with van der Waals surface area (Å²) in [6.07, 6.45) is 1.46. The standard InChI is InChI=1S/C13H10N2O3/c1-17-11-7-14-13(18-11)10-6-8-4-2-3-5-9(8)12(16)15-10/h2-7H,1H3,(H,15,16). The average Bonchev–Trinajstić information content (AvgIpc) is 2.87. The van der Waals surface area contributed by atoms with Crippen LogP contribution in [0.25, 0.3) is 22.4 Å². The third kappa shape index (κ3) is 1.66. The van der Waals surface area contributed by atoms with Gasteiger partial charge in [-0.05, 0) is 17.5 Å². The van der Waals surface area contributed by atoms with Crippen LogP contribution in [0.4, 0.5) is 0 Å². The Morgan fingerprint density at radius 3 is 2.94 bits per heavy atom. The van der Waals surface area contributed by atoms with Gasteiger partial charge in [0.25, 0.3) is 5.56 Å². The Morgan fingerprint density at radius 1 is 1.33 bits per heavy atom. The van der Waals surface area contributed by atoms with Crippen molar-refractivity contribution in [2.45, 2.75) is 0 Å². The summed E-state index contributed by atoms with van der Waals surface area (Å²) >= 11 is 0. The zero-order valence-corrected chi connectivity index (χ0v) is 9.64. The van der Waals surface area contributed by atoms with Crippen molar-refractivity contribution < 1.29 is 9.15 Å². The van der Waals surface area contributed by atoms with Crippen LogP contribution in [-0.4, -0.2) is 17.1 Å². The van der Waals surface area contributed by atoms with Crippen LogP contribution in [0.5, 0.6) is 5.95 Å². The number of pyridine rings is 1. The summed E-state index contributed by atoms with van der Waals surface area (Å²) in [5.74, 6) is 0.633. The minimum atomic E-state index is -0.166. The van der Waals surface area contributed by atoms with E-state index < -0.39 is 0 Å². The Labute approximate surface area is 102 Å². The predicted octanol–water partition coefficient (Wildman–Crippen LogP) is 2.19. The summed E-state index contributed by atoms with van der Waals surface area (Å²) < 4.78 is 10.2. The van der Waals surface area contributed by atoms with Crippen molar-refractivity contribution in [3.63, 3.8) is 0 Å². The van der Waals surface area contributed by atoms with Crippen LogP contribution in [0.1, 0.15) is 0 Å².